The predicted molar refractivity (Wildman–Crippen MR) is 105 cm³/mol. The number of aromatic nitrogens is 1. The number of hydrogen-bond acceptors (Lipinski definition) is 7. The zero-order valence-electron chi connectivity index (χ0n) is 16.4. The van der Waals surface area contributed by atoms with Gasteiger partial charge in [0.2, 0.25) is 21.7 Å². The number of halogens is 4. The number of fused-ring (bicyclic) bond motifs is 1. The average Bonchev–Trinajstić information content (AvgIpc) is 3.48. The Morgan fingerprint density at radius 1 is 1.38 bits per heavy atom. The van der Waals surface area contributed by atoms with Crippen molar-refractivity contribution in [3.05, 3.63) is 41.1 Å². The van der Waals surface area contributed by atoms with Gasteiger partial charge in [-0.05, 0) is 37.1 Å². The summed E-state index contributed by atoms with van der Waals surface area (Å²) < 4.78 is 81.7. The number of pyridine rings is 1. The summed E-state index contributed by atoms with van der Waals surface area (Å²) in [4.78, 5) is 16.5. The Kier molecular flexibility index (Phi) is 5.43. The van der Waals surface area contributed by atoms with Crippen molar-refractivity contribution in [1.82, 2.24) is 10.3 Å². The summed E-state index contributed by atoms with van der Waals surface area (Å²) in [6.07, 6.45) is -0.00788. The van der Waals surface area contributed by atoms with E-state index < -0.39 is 38.9 Å². The number of sulfonamides is 1. The van der Waals surface area contributed by atoms with Crippen LogP contribution in [0.2, 0.25) is 0 Å². The maximum Gasteiger partial charge on any atom is 0.525 e. The second-order valence-electron chi connectivity index (χ2n) is 7.53. The normalized spacial score (nSPS) is 26.5. The molecule has 1 spiro atoms. The van der Waals surface area contributed by atoms with E-state index in [2.05, 4.69) is 19.8 Å². The second-order valence-corrected chi connectivity index (χ2v) is 9.76. The van der Waals surface area contributed by atoms with Gasteiger partial charge in [0.05, 0.1) is 17.4 Å². The van der Waals surface area contributed by atoms with Crippen molar-refractivity contribution >= 4 is 33.2 Å². The van der Waals surface area contributed by atoms with Crippen LogP contribution in [-0.4, -0.2) is 56.0 Å². The summed E-state index contributed by atoms with van der Waals surface area (Å²) in [6.45, 7) is 0.229. The maximum atomic E-state index is 13.1. The molecule has 1 fully saturated rings. The fourth-order valence-electron chi connectivity index (χ4n) is 3.40. The molecule has 1 amide bonds. The smallest absolute Gasteiger partial charge is 0.475 e. The van der Waals surface area contributed by atoms with Crippen LogP contribution in [0.1, 0.15) is 23.2 Å². The largest absolute Gasteiger partial charge is 0.525 e. The summed E-state index contributed by atoms with van der Waals surface area (Å²) in [5.41, 5.74) is -0.651. The minimum atomic E-state index is -5.22. The van der Waals surface area contributed by atoms with Crippen molar-refractivity contribution in [2.24, 2.45) is 0 Å². The topological polar surface area (TPSA) is 116 Å². The number of nitrogens with one attached hydrogen (secondary N) is 2. The van der Waals surface area contributed by atoms with Gasteiger partial charge in [0.15, 0.2) is 5.25 Å². The maximum absolute atomic E-state index is 13.1. The molecular weight excluding hydrogens is 479 g/mol. The van der Waals surface area contributed by atoms with E-state index >= 15 is 0 Å². The number of amides is 1. The Morgan fingerprint density at radius 2 is 2.09 bits per heavy atom. The summed E-state index contributed by atoms with van der Waals surface area (Å²) in [5.74, 6) is -3.22. The van der Waals surface area contributed by atoms with Gasteiger partial charge in [0.25, 0.3) is 5.91 Å². The molecular formula is C18H17ClF3N3O6S. The zero-order valence-corrected chi connectivity index (χ0v) is 18.0. The number of ether oxygens (including phenoxy) is 3. The number of hydrogen-bond donors (Lipinski definition) is 2. The van der Waals surface area contributed by atoms with Gasteiger partial charge in [-0.2, -0.15) is 0 Å². The molecule has 0 radical (unpaired) electrons. The molecule has 1 aromatic rings. The molecule has 9 nitrogen and oxygen atoms in total. The Labute approximate surface area is 185 Å². The van der Waals surface area contributed by atoms with Gasteiger partial charge in [-0.25, -0.2) is 13.4 Å². The fraction of sp³-hybridized carbons (Fsp3) is 0.444. The average molecular weight is 496 g/mol. The number of anilines is 1. The van der Waals surface area contributed by atoms with Crippen LogP contribution < -0.4 is 14.8 Å². The van der Waals surface area contributed by atoms with Crippen LogP contribution in [0.3, 0.4) is 0 Å². The molecule has 2 aliphatic carbocycles. The number of rotatable bonds is 5. The molecule has 0 saturated heterocycles. The molecule has 0 aromatic carbocycles. The van der Waals surface area contributed by atoms with E-state index in [1.165, 1.54) is 6.07 Å². The van der Waals surface area contributed by atoms with Gasteiger partial charge >= 0.3 is 6.36 Å². The molecule has 2 heterocycles. The van der Waals surface area contributed by atoms with Crippen molar-refractivity contribution in [3.8, 4) is 5.88 Å². The Hall–Kier alpha value is -2.35. The lowest BCUT2D eigenvalue weighted by Gasteiger charge is -2.36. The Balaban J connectivity index is 1.65. The highest BCUT2D eigenvalue weighted by Crippen LogP contribution is 2.40. The minimum absolute atomic E-state index is 0.0179. The summed E-state index contributed by atoms with van der Waals surface area (Å²) >= 11 is 5.85. The number of alkyl halides is 3. The van der Waals surface area contributed by atoms with Crippen molar-refractivity contribution in [1.29, 1.82) is 0 Å². The number of carbonyl (C=O) groups excluding carboxylic acids is 1. The Bertz CT molecular complexity index is 1120. The van der Waals surface area contributed by atoms with Crippen molar-refractivity contribution in [2.45, 2.75) is 35.8 Å². The molecule has 3 aliphatic rings. The first-order valence-corrected chi connectivity index (χ1v) is 11.2. The van der Waals surface area contributed by atoms with Crippen LogP contribution in [-0.2, 0) is 19.5 Å². The number of methoxy groups -OCH3 is 1. The van der Waals surface area contributed by atoms with E-state index in [1.54, 1.807) is 0 Å². The Morgan fingerprint density at radius 3 is 2.72 bits per heavy atom. The van der Waals surface area contributed by atoms with Crippen molar-refractivity contribution in [3.63, 3.8) is 0 Å². The quantitative estimate of drug-likeness (QED) is 0.603. The van der Waals surface area contributed by atoms with Gasteiger partial charge in [-0.15, -0.1) is 13.2 Å². The summed E-state index contributed by atoms with van der Waals surface area (Å²) in [7, 11) is -3.78. The van der Waals surface area contributed by atoms with Gasteiger partial charge < -0.3 is 14.8 Å². The van der Waals surface area contributed by atoms with Crippen LogP contribution in [0.25, 0.3) is 0 Å². The van der Waals surface area contributed by atoms with Gasteiger partial charge in [-0.1, -0.05) is 11.6 Å². The number of carbonyl (C=O) groups is 1. The molecule has 2 atom stereocenters. The first-order chi connectivity index (χ1) is 14.9. The molecule has 174 valence electrons. The second kappa shape index (κ2) is 7.61. The third-order valence-electron chi connectivity index (χ3n) is 5.18. The molecule has 1 aromatic heterocycles. The highest BCUT2D eigenvalue weighted by atomic mass is 35.5. The van der Waals surface area contributed by atoms with Crippen LogP contribution in [0.5, 0.6) is 5.88 Å². The lowest BCUT2D eigenvalue weighted by molar-refractivity contribution is -0.398. The molecule has 0 bridgehead atoms. The molecule has 1 saturated carbocycles. The van der Waals surface area contributed by atoms with E-state index in [0.717, 1.165) is 44.4 Å². The molecule has 2 N–H and O–H groups in total. The van der Waals surface area contributed by atoms with E-state index in [4.69, 9.17) is 21.1 Å². The SMILES string of the molecule is COC1(OC(F)(F)F)C=CC(Cl)=CC1S(=O)(=O)Nc1cnc2c(c1)C(=O)NC1(CC1)CO2. The first kappa shape index (κ1) is 22.8. The molecule has 2 unspecified atom stereocenters. The highest BCUT2D eigenvalue weighted by Gasteiger charge is 2.53. The number of allylic oxidation sites excluding steroid dienone is 2. The predicted octanol–water partition coefficient (Wildman–Crippen LogP) is 2.42. The van der Waals surface area contributed by atoms with E-state index in [1.807, 2.05) is 0 Å². The molecule has 32 heavy (non-hydrogen) atoms. The van der Waals surface area contributed by atoms with Crippen LogP contribution in [0.4, 0.5) is 18.9 Å². The fourth-order valence-corrected chi connectivity index (χ4v) is 5.21. The third kappa shape index (κ3) is 4.42. The van der Waals surface area contributed by atoms with Crippen LogP contribution >= 0.6 is 11.6 Å². The minimum Gasteiger partial charge on any atom is -0.475 e. The van der Waals surface area contributed by atoms with E-state index in [9.17, 15) is 26.4 Å². The van der Waals surface area contributed by atoms with Crippen LogP contribution in [0, 0.1) is 0 Å². The van der Waals surface area contributed by atoms with E-state index in [-0.39, 0.29) is 28.8 Å². The van der Waals surface area contributed by atoms with Gasteiger partial charge in [0.1, 0.15) is 12.2 Å². The van der Waals surface area contributed by atoms with Crippen LogP contribution in [0.15, 0.2) is 35.5 Å². The lowest BCUT2D eigenvalue weighted by Crippen LogP contribution is -2.53. The monoisotopic (exact) mass is 495 g/mol. The number of nitrogens with zero attached hydrogens (tertiary/aromatic N) is 1. The van der Waals surface area contributed by atoms with Crippen molar-refractivity contribution < 1.29 is 40.6 Å². The summed E-state index contributed by atoms with van der Waals surface area (Å²) in [5, 5.41) is 0.643. The van der Waals surface area contributed by atoms with Gasteiger partial charge in [-0.3, -0.25) is 14.3 Å². The zero-order chi connectivity index (χ0) is 23.4. The van der Waals surface area contributed by atoms with Crippen molar-refractivity contribution in [2.75, 3.05) is 18.4 Å². The third-order valence-corrected chi connectivity index (χ3v) is 7.09. The highest BCUT2D eigenvalue weighted by molar-refractivity contribution is 7.93. The first-order valence-electron chi connectivity index (χ1n) is 9.23. The molecule has 14 heteroatoms. The standard InChI is InChI=1S/C18H17ClF3N3O6S/c1-29-17(31-18(20,21)22)3-2-10(19)6-13(17)32(27,28)25-11-7-12-14(26)24-16(4-5-16)9-30-15(12)23-8-11/h2-3,6-8,13,25H,4-5,9H2,1H3,(H,24,26). The van der Waals surface area contributed by atoms with Gasteiger partial charge in [0, 0.05) is 12.1 Å². The van der Waals surface area contributed by atoms with E-state index in [0.29, 0.717) is 0 Å². The molecule has 1 aliphatic heterocycles. The molecule has 4 rings (SSSR count). The lowest BCUT2D eigenvalue weighted by atomic mass is 10.1. The summed E-state index contributed by atoms with van der Waals surface area (Å²) in [6, 6.07) is 1.18.